The van der Waals surface area contributed by atoms with E-state index in [1.54, 1.807) is 13.0 Å². The Labute approximate surface area is 161 Å². The molecule has 1 saturated carbocycles. The molecule has 4 rings (SSSR count). The van der Waals surface area contributed by atoms with E-state index in [1.165, 1.54) is 10.7 Å². The Kier molecular flexibility index (Phi) is 4.77. The lowest BCUT2D eigenvalue weighted by molar-refractivity contribution is -0.124. The first-order chi connectivity index (χ1) is 13.6. The van der Waals surface area contributed by atoms with Crippen LogP contribution in [0.5, 0.6) is 0 Å². The largest absolute Gasteiger partial charge is 0.342 e. The van der Waals surface area contributed by atoms with Crippen LogP contribution in [-0.4, -0.2) is 25.8 Å². The zero-order chi connectivity index (χ0) is 19.6. The molecule has 1 N–H and O–H groups in total. The van der Waals surface area contributed by atoms with E-state index in [-0.39, 0.29) is 18.0 Å². The number of benzene rings is 1. The van der Waals surface area contributed by atoms with E-state index in [0.717, 1.165) is 31.2 Å². The molecule has 8 heteroatoms. The standard InChI is InChI=1S/C20H21N5O3/c1-14-21-19(24-28-14)20(11-5-6-12-20)22-17(26)13-25-18(27)10-9-16(23-25)15-7-3-2-4-8-15/h2-4,7-10H,5-6,11-13H2,1H3,(H,22,26). The first kappa shape index (κ1) is 18.1. The van der Waals surface area contributed by atoms with Gasteiger partial charge in [0.2, 0.25) is 11.8 Å². The van der Waals surface area contributed by atoms with Crippen molar-refractivity contribution in [3.05, 3.63) is 64.5 Å². The third-order valence-corrected chi connectivity index (χ3v) is 5.02. The monoisotopic (exact) mass is 379 g/mol. The molecule has 144 valence electrons. The van der Waals surface area contributed by atoms with Crippen LogP contribution in [0.3, 0.4) is 0 Å². The maximum atomic E-state index is 12.8. The van der Waals surface area contributed by atoms with E-state index in [4.69, 9.17) is 4.52 Å². The highest BCUT2D eigenvalue weighted by molar-refractivity contribution is 5.76. The van der Waals surface area contributed by atoms with E-state index in [2.05, 4.69) is 20.6 Å². The first-order valence-corrected chi connectivity index (χ1v) is 9.31. The second-order valence-corrected chi connectivity index (χ2v) is 7.05. The highest BCUT2D eigenvalue weighted by atomic mass is 16.5. The number of aryl methyl sites for hydroxylation is 1. The van der Waals surface area contributed by atoms with Crippen LogP contribution in [0.2, 0.25) is 0 Å². The number of aromatic nitrogens is 4. The van der Waals surface area contributed by atoms with E-state index in [1.807, 2.05) is 30.3 Å². The van der Waals surface area contributed by atoms with Crippen LogP contribution >= 0.6 is 0 Å². The Bertz CT molecular complexity index is 1040. The molecule has 0 bridgehead atoms. The molecule has 0 aliphatic heterocycles. The lowest BCUT2D eigenvalue weighted by Crippen LogP contribution is -2.47. The summed E-state index contributed by atoms with van der Waals surface area (Å²) in [4.78, 5) is 29.3. The molecule has 1 aromatic carbocycles. The zero-order valence-electron chi connectivity index (χ0n) is 15.6. The number of carbonyl (C=O) groups is 1. The van der Waals surface area contributed by atoms with Crippen LogP contribution in [0.25, 0.3) is 11.3 Å². The number of rotatable bonds is 5. The molecular formula is C20H21N5O3. The Hall–Kier alpha value is -3.29. The predicted octanol–water partition coefficient (Wildman–Crippen LogP) is 2.19. The number of hydrogen-bond acceptors (Lipinski definition) is 6. The van der Waals surface area contributed by atoms with E-state index < -0.39 is 5.54 Å². The van der Waals surface area contributed by atoms with E-state index in [9.17, 15) is 9.59 Å². The Morgan fingerprint density at radius 2 is 1.93 bits per heavy atom. The van der Waals surface area contributed by atoms with Crippen LogP contribution in [0.15, 0.2) is 51.8 Å². The molecule has 2 heterocycles. The minimum atomic E-state index is -0.643. The third kappa shape index (κ3) is 3.58. The van der Waals surface area contributed by atoms with Crippen molar-refractivity contribution in [3.63, 3.8) is 0 Å². The number of amides is 1. The van der Waals surface area contributed by atoms with Crippen molar-refractivity contribution < 1.29 is 9.32 Å². The number of nitrogens with one attached hydrogen (secondary N) is 1. The van der Waals surface area contributed by atoms with Gasteiger partial charge in [0.25, 0.3) is 5.56 Å². The molecule has 1 amide bonds. The van der Waals surface area contributed by atoms with E-state index in [0.29, 0.717) is 17.4 Å². The molecule has 1 fully saturated rings. The number of nitrogens with zero attached hydrogens (tertiary/aromatic N) is 4. The molecule has 3 aromatic rings. The van der Waals surface area contributed by atoms with Crippen LogP contribution in [0.1, 0.15) is 37.4 Å². The predicted molar refractivity (Wildman–Crippen MR) is 101 cm³/mol. The van der Waals surface area contributed by atoms with Gasteiger partial charge in [-0.05, 0) is 18.9 Å². The van der Waals surface area contributed by atoms with Gasteiger partial charge in [0.05, 0.1) is 5.69 Å². The van der Waals surface area contributed by atoms with Crippen molar-refractivity contribution in [1.29, 1.82) is 0 Å². The summed E-state index contributed by atoms with van der Waals surface area (Å²) in [5.74, 6) is 0.655. The normalized spacial score (nSPS) is 15.5. The lowest BCUT2D eigenvalue weighted by atomic mass is 9.96. The van der Waals surface area contributed by atoms with Crippen molar-refractivity contribution >= 4 is 5.91 Å². The molecule has 0 spiro atoms. The summed E-state index contributed by atoms with van der Waals surface area (Å²) in [5, 5.41) is 11.4. The van der Waals surface area contributed by atoms with Gasteiger partial charge >= 0.3 is 0 Å². The van der Waals surface area contributed by atoms with Crippen LogP contribution < -0.4 is 10.9 Å². The molecule has 2 aromatic heterocycles. The molecule has 0 saturated heterocycles. The fourth-order valence-electron chi connectivity index (χ4n) is 3.64. The van der Waals surface area contributed by atoms with Gasteiger partial charge in [-0.2, -0.15) is 10.1 Å². The van der Waals surface area contributed by atoms with Gasteiger partial charge in [-0.25, -0.2) is 4.68 Å². The minimum Gasteiger partial charge on any atom is -0.342 e. The van der Waals surface area contributed by atoms with Crippen molar-refractivity contribution in [3.8, 4) is 11.3 Å². The quantitative estimate of drug-likeness (QED) is 0.729. The fraction of sp³-hybridized carbons (Fsp3) is 0.350. The molecular weight excluding hydrogens is 358 g/mol. The van der Waals surface area contributed by atoms with Gasteiger partial charge in [-0.15, -0.1) is 0 Å². The van der Waals surface area contributed by atoms with E-state index >= 15 is 0 Å². The van der Waals surface area contributed by atoms with Gasteiger partial charge in [0.15, 0.2) is 5.82 Å². The summed E-state index contributed by atoms with van der Waals surface area (Å²) >= 11 is 0. The summed E-state index contributed by atoms with van der Waals surface area (Å²) < 4.78 is 6.29. The van der Waals surface area contributed by atoms with Crippen molar-refractivity contribution in [2.24, 2.45) is 0 Å². The fourth-order valence-corrected chi connectivity index (χ4v) is 3.64. The lowest BCUT2D eigenvalue weighted by Gasteiger charge is -2.26. The summed E-state index contributed by atoms with van der Waals surface area (Å²) in [6.07, 6.45) is 3.42. The molecule has 0 unspecified atom stereocenters. The highest BCUT2D eigenvalue weighted by Crippen LogP contribution is 2.37. The van der Waals surface area contributed by atoms with Crippen molar-refractivity contribution in [1.82, 2.24) is 25.2 Å². The van der Waals surface area contributed by atoms with Crippen LogP contribution in [0, 0.1) is 6.92 Å². The summed E-state index contributed by atoms with van der Waals surface area (Å²) in [6.45, 7) is 1.55. The Morgan fingerprint density at radius 3 is 2.61 bits per heavy atom. The Balaban J connectivity index is 1.56. The molecule has 1 aliphatic rings. The van der Waals surface area contributed by atoms with Crippen LogP contribution in [0.4, 0.5) is 0 Å². The second-order valence-electron chi connectivity index (χ2n) is 7.05. The molecule has 1 aliphatic carbocycles. The van der Waals surface area contributed by atoms with Crippen molar-refractivity contribution in [2.45, 2.75) is 44.7 Å². The zero-order valence-corrected chi connectivity index (χ0v) is 15.6. The average molecular weight is 379 g/mol. The SMILES string of the molecule is Cc1nc(C2(NC(=O)Cn3nc(-c4ccccc4)ccc3=O)CCCC2)no1. The number of hydrogen-bond donors (Lipinski definition) is 1. The molecule has 28 heavy (non-hydrogen) atoms. The van der Waals surface area contributed by atoms with Gasteiger partial charge in [0, 0.05) is 18.6 Å². The van der Waals surface area contributed by atoms with Gasteiger partial charge < -0.3 is 9.84 Å². The number of carbonyl (C=O) groups excluding carboxylic acids is 1. The van der Waals surface area contributed by atoms with Gasteiger partial charge in [-0.1, -0.05) is 48.3 Å². The molecule has 0 radical (unpaired) electrons. The average Bonchev–Trinajstić information content (AvgIpc) is 3.34. The maximum absolute atomic E-state index is 12.8. The van der Waals surface area contributed by atoms with Gasteiger partial charge in [-0.3, -0.25) is 9.59 Å². The minimum absolute atomic E-state index is 0.169. The summed E-state index contributed by atoms with van der Waals surface area (Å²) in [5.41, 5.74) is 0.546. The maximum Gasteiger partial charge on any atom is 0.267 e. The van der Waals surface area contributed by atoms with Crippen LogP contribution in [-0.2, 0) is 16.9 Å². The smallest absolute Gasteiger partial charge is 0.267 e. The second kappa shape index (κ2) is 7.38. The Morgan fingerprint density at radius 1 is 1.18 bits per heavy atom. The first-order valence-electron chi connectivity index (χ1n) is 9.31. The van der Waals surface area contributed by atoms with Crippen molar-refractivity contribution in [2.75, 3.05) is 0 Å². The summed E-state index contributed by atoms with van der Waals surface area (Å²) in [6, 6.07) is 12.6. The molecule has 0 atom stereocenters. The summed E-state index contributed by atoms with van der Waals surface area (Å²) in [7, 11) is 0. The molecule has 8 nitrogen and oxygen atoms in total. The highest BCUT2D eigenvalue weighted by Gasteiger charge is 2.41. The van der Waals surface area contributed by atoms with Gasteiger partial charge in [0.1, 0.15) is 12.1 Å². The topological polar surface area (TPSA) is 103 Å². The third-order valence-electron chi connectivity index (χ3n) is 5.02.